The molecule has 1 aliphatic heterocycles. The minimum Gasteiger partial charge on any atom is -0.375 e. The Morgan fingerprint density at radius 2 is 2.31 bits per heavy atom. The highest BCUT2D eigenvalue weighted by molar-refractivity contribution is 5.88. The summed E-state index contributed by atoms with van der Waals surface area (Å²) in [5.74, 6) is 0.143. The van der Waals surface area contributed by atoms with Gasteiger partial charge in [0.25, 0.3) is 0 Å². The molecule has 3 heteroatoms. The number of Topliss-reactive ketones (excluding diaryl/α,β-unsaturated/α-hetero) is 1. The predicted molar refractivity (Wildman–Crippen MR) is 59.7 cm³/mol. The number of ketones is 1. The molecule has 3 unspecified atom stereocenters. The molecule has 2 aliphatic rings. The van der Waals surface area contributed by atoms with Crippen LogP contribution in [0.25, 0.3) is 0 Å². The molecule has 0 aromatic rings. The van der Waals surface area contributed by atoms with Crippen molar-refractivity contribution in [3.05, 3.63) is 0 Å². The van der Waals surface area contributed by atoms with Crippen molar-refractivity contribution in [1.82, 2.24) is 0 Å². The minimum absolute atomic E-state index is 0.122. The highest BCUT2D eigenvalue weighted by atomic mass is 16.5. The van der Waals surface area contributed by atoms with E-state index in [1.165, 1.54) is 0 Å². The van der Waals surface area contributed by atoms with E-state index in [1.807, 2.05) is 0 Å². The first-order chi connectivity index (χ1) is 7.66. The second-order valence-corrected chi connectivity index (χ2v) is 5.17. The Labute approximate surface area is 96.8 Å². The smallest absolute Gasteiger partial charge is 0.153 e. The summed E-state index contributed by atoms with van der Waals surface area (Å²) in [5, 5.41) is 9.31. The van der Waals surface area contributed by atoms with E-state index >= 15 is 0 Å². The normalized spacial score (nSPS) is 39.6. The van der Waals surface area contributed by atoms with E-state index in [1.54, 1.807) is 0 Å². The molecule has 0 amide bonds. The third-order valence-electron chi connectivity index (χ3n) is 3.90. The Morgan fingerprint density at radius 3 is 2.88 bits per heavy atom. The van der Waals surface area contributed by atoms with Crippen LogP contribution in [0.15, 0.2) is 0 Å². The summed E-state index contributed by atoms with van der Waals surface area (Å²) in [4.78, 5) is 11.9. The van der Waals surface area contributed by atoms with Crippen molar-refractivity contribution in [2.45, 2.75) is 64.1 Å². The molecule has 1 saturated carbocycles. The number of nitriles is 1. The molecule has 2 fully saturated rings. The molecule has 1 aliphatic carbocycles. The van der Waals surface area contributed by atoms with Gasteiger partial charge < -0.3 is 4.74 Å². The van der Waals surface area contributed by atoms with Gasteiger partial charge >= 0.3 is 0 Å². The van der Waals surface area contributed by atoms with Crippen molar-refractivity contribution >= 4 is 5.78 Å². The summed E-state index contributed by atoms with van der Waals surface area (Å²) in [5.41, 5.74) is -0.729. The zero-order valence-electron chi connectivity index (χ0n) is 9.87. The van der Waals surface area contributed by atoms with Crippen molar-refractivity contribution in [1.29, 1.82) is 5.26 Å². The quantitative estimate of drug-likeness (QED) is 0.720. The molecule has 0 aromatic heterocycles. The average molecular weight is 221 g/mol. The Kier molecular flexibility index (Phi) is 3.30. The summed E-state index contributed by atoms with van der Waals surface area (Å²) < 4.78 is 5.74. The van der Waals surface area contributed by atoms with Gasteiger partial charge in [0, 0.05) is 6.42 Å². The molecule has 0 aromatic carbocycles. The van der Waals surface area contributed by atoms with Crippen LogP contribution in [0.4, 0.5) is 0 Å². The summed E-state index contributed by atoms with van der Waals surface area (Å²) in [6.07, 6.45) is 6.35. The predicted octanol–water partition coefficient (Wildman–Crippen LogP) is 2.60. The van der Waals surface area contributed by atoms with Crippen LogP contribution < -0.4 is 0 Å². The van der Waals surface area contributed by atoms with Gasteiger partial charge in [-0.2, -0.15) is 5.26 Å². The third kappa shape index (κ3) is 2.12. The average Bonchev–Trinajstić information content (AvgIpc) is 2.67. The van der Waals surface area contributed by atoms with Crippen LogP contribution in [-0.2, 0) is 9.53 Å². The monoisotopic (exact) mass is 221 g/mol. The largest absolute Gasteiger partial charge is 0.375 e. The fourth-order valence-electron chi connectivity index (χ4n) is 2.89. The number of nitrogens with zero attached hydrogens (tertiary/aromatic N) is 1. The number of rotatable bonds is 2. The molecule has 2 rings (SSSR count). The zero-order chi connectivity index (χ0) is 11.6. The molecule has 3 atom stereocenters. The van der Waals surface area contributed by atoms with Gasteiger partial charge in [-0.15, -0.1) is 0 Å². The number of hydrogen-bond donors (Lipinski definition) is 0. The zero-order valence-corrected chi connectivity index (χ0v) is 9.87. The Balaban J connectivity index is 2.04. The first kappa shape index (κ1) is 11.6. The van der Waals surface area contributed by atoms with E-state index in [-0.39, 0.29) is 11.9 Å². The van der Waals surface area contributed by atoms with Gasteiger partial charge in [-0.05, 0) is 39.0 Å². The molecular formula is C13H19NO2. The third-order valence-corrected chi connectivity index (χ3v) is 3.90. The van der Waals surface area contributed by atoms with Crippen LogP contribution in [-0.4, -0.2) is 18.0 Å². The maximum Gasteiger partial charge on any atom is 0.153 e. The Bertz CT molecular complexity index is 320. The van der Waals surface area contributed by atoms with E-state index in [0.717, 1.165) is 32.1 Å². The second-order valence-electron chi connectivity index (χ2n) is 5.17. The van der Waals surface area contributed by atoms with Crippen LogP contribution in [0.2, 0.25) is 0 Å². The standard InChI is InChI=1S/C13H19NO2/c1-10-5-6-11(16-10)8-13(9-14)7-3-2-4-12(13)15/h10-11H,2-8H2,1H3. The lowest BCUT2D eigenvalue weighted by molar-refractivity contribution is -0.130. The van der Waals surface area contributed by atoms with Gasteiger partial charge in [-0.25, -0.2) is 0 Å². The summed E-state index contributed by atoms with van der Waals surface area (Å²) in [6, 6.07) is 2.28. The van der Waals surface area contributed by atoms with E-state index in [0.29, 0.717) is 18.9 Å². The van der Waals surface area contributed by atoms with Gasteiger partial charge in [0.2, 0.25) is 0 Å². The molecule has 1 heterocycles. The highest BCUT2D eigenvalue weighted by Crippen LogP contribution is 2.39. The first-order valence-electron chi connectivity index (χ1n) is 6.26. The molecule has 0 bridgehead atoms. The molecule has 88 valence electrons. The maximum atomic E-state index is 11.9. The highest BCUT2D eigenvalue weighted by Gasteiger charge is 2.43. The van der Waals surface area contributed by atoms with Gasteiger partial charge in [-0.3, -0.25) is 4.79 Å². The van der Waals surface area contributed by atoms with Crippen molar-refractivity contribution < 1.29 is 9.53 Å². The minimum atomic E-state index is -0.729. The molecule has 1 saturated heterocycles. The van der Waals surface area contributed by atoms with Gasteiger partial charge in [0.05, 0.1) is 18.3 Å². The van der Waals surface area contributed by atoms with Gasteiger partial charge in [-0.1, -0.05) is 6.42 Å². The van der Waals surface area contributed by atoms with Crippen molar-refractivity contribution in [2.75, 3.05) is 0 Å². The fourth-order valence-corrected chi connectivity index (χ4v) is 2.89. The summed E-state index contributed by atoms with van der Waals surface area (Å²) in [6.45, 7) is 2.06. The lowest BCUT2D eigenvalue weighted by atomic mass is 9.70. The van der Waals surface area contributed by atoms with Crippen LogP contribution in [0, 0.1) is 16.7 Å². The number of hydrogen-bond acceptors (Lipinski definition) is 3. The van der Waals surface area contributed by atoms with Crippen LogP contribution >= 0.6 is 0 Å². The molecule has 0 N–H and O–H groups in total. The van der Waals surface area contributed by atoms with Crippen molar-refractivity contribution in [2.24, 2.45) is 5.41 Å². The van der Waals surface area contributed by atoms with Gasteiger partial charge in [0.1, 0.15) is 5.41 Å². The second kappa shape index (κ2) is 4.55. The SMILES string of the molecule is CC1CCC(CC2(C#N)CCCCC2=O)O1. The molecule has 16 heavy (non-hydrogen) atoms. The molecule has 0 spiro atoms. The van der Waals surface area contributed by atoms with E-state index in [2.05, 4.69) is 13.0 Å². The summed E-state index contributed by atoms with van der Waals surface area (Å²) >= 11 is 0. The number of ether oxygens (including phenoxy) is 1. The first-order valence-corrected chi connectivity index (χ1v) is 6.26. The Hall–Kier alpha value is -0.880. The van der Waals surface area contributed by atoms with Crippen LogP contribution in [0.1, 0.15) is 51.9 Å². The maximum absolute atomic E-state index is 11.9. The van der Waals surface area contributed by atoms with E-state index in [4.69, 9.17) is 4.74 Å². The molecule has 3 nitrogen and oxygen atoms in total. The molecule has 0 radical (unpaired) electrons. The summed E-state index contributed by atoms with van der Waals surface area (Å²) in [7, 11) is 0. The lowest BCUT2D eigenvalue weighted by Crippen LogP contribution is -2.36. The lowest BCUT2D eigenvalue weighted by Gasteiger charge is -2.31. The van der Waals surface area contributed by atoms with E-state index < -0.39 is 5.41 Å². The molecular weight excluding hydrogens is 202 g/mol. The van der Waals surface area contributed by atoms with Crippen LogP contribution in [0.3, 0.4) is 0 Å². The van der Waals surface area contributed by atoms with E-state index in [9.17, 15) is 10.1 Å². The van der Waals surface area contributed by atoms with Gasteiger partial charge in [0.15, 0.2) is 5.78 Å². The number of carbonyl (C=O) groups is 1. The van der Waals surface area contributed by atoms with Crippen molar-refractivity contribution in [3.8, 4) is 6.07 Å². The Morgan fingerprint density at radius 1 is 1.50 bits per heavy atom. The van der Waals surface area contributed by atoms with Crippen LogP contribution in [0.5, 0.6) is 0 Å². The fraction of sp³-hybridized carbons (Fsp3) is 0.846. The van der Waals surface area contributed by atoms with Crippen molar-refractivity contribution in [3.63, 3.8) is 0 Å². The number of carbonyl (C=O) groups excluding carboxylic acids is 1. The topological polar surface area (TPSA) is 50.1 Å².